The molecule has 0 saturated carbocycles. The summed E-state index contributed by atoms with van der Waals surface area (Å²) in [7, 11) is 0. The molecule has 18 heavy (non-hydrogen) atoms. The lowest BCUT2D eigenvalue weighted by atomic mass is 10.1. The molecule has 0 N–H and O–H groups in total. The van der Waals surface area contributed by atoms with E-state index in [0.717, 1.165) is 30.4 Å². The summed E-state index contributed by atoms with van der Waals surface area (Å²) in [5, 5.41) is 0.510. The van der Waals surface area contributed by atoms with E-state index in [1.54, 1.807) is 12.1 Å². The van der Waals surface area contributed by atoms with Gasteiger partial charge >= 0.3 is 0 Å². The summed E-state index contributed by atoms with van der Waals surface area (Å²) >= 11 is 9.34. The van der Waals surface area contributed by atoms with Crippen LogP contribution in [0.1, 0.15) is 19.3 Å². The van der Waals surface area contributed by atoms with Crippen LogP contribution in [-0.4, -0.2) is 30.5 Å². The first-order chi connectivity index (χ1) is 8.66. The highest BCUT2D eigenvalue weighted by Crippen LogP contribution is 2.27. The van der Waals surface area contributed by atoms with Gasteiger partial charge in [-0.2, -0.15) is 0 Å². The van der Waals surface area contributed by atoms with Crippen LogP contribution in [0.3, 0.4) is 0 Å². The van der Waals surface area contributed by atoms with E-state index in [4.69, 9.17) is 16.3 Å². The van der Waals surface area contributed by atoms with Crippen LogP contribution in [0, 0.1) is 0 Å². The van der Waals surface area contributed by atoms with Gasteiger partial charge in [-0.25, -0.2) is 0 Å². The van der Waals surface area contributed by atoms with Crippen molar-refractivity contribution in [3.8, 4) is 5.75 Å². The fourth-order valence-electron chi connectivity index (χ4n) is 1.97. The average Bonchev–Trinajstić information content (AvgIpc) is 2.38. The Morgan fingerprint density at radius 2 is 2.06 bits per heavy atom. The van der Waals surface area contributed by atoms with Gasteiger partial charge in [0.1, 0.15) is 5.75 Å². The molecular formula is C13H15BrClNO2. The number of piperidine rings is 1. The molecule has 1 aromatic rings. The molecule has 1 aliphatic heterocycles. The van der Waals surface area contributed by atoms with Crippen LogP contribution < -0.4 is 4.74 Å². The standard InChI is InChI=1S/C13H15BrClNO2/c14-10-4-5-12(11(15)8-10)18-9-13(17)16-6-2-1-3-7-16/h4-5,8H,1-3,6-7,9H2. The number of ether oxygens (including phenoxy) is 1. The van der Waals surface area contributed by atoms with Crippen LogP contribution in [0.15, 0.2) is 22.7 Å². The second kappa shape index (κ2) is 6.43. The van der Waals surface area contributed by atoms with Gasteiger partial charge < -0.3 is 9.64 Å². The number of amides is 1. The first-order valence-electron chi connectivity index (χ1n) is 6.02. The van der Waals surface area contributed by atoms with Gasteiger partial charge in [0.05, 0.1) is 5.02 Å². The van der Waals surface area contributed by atoms with E-state index in [-0.39, 0.29) is 12.5 Å². The molecule has 98 valence electrons. The summed E-state index contributed by atoms with van der Waals surface area (Å²) in [5.74, 6) is 0.582. The Hall–Kier alpha value is -0.740. The van der Waals surface area contributed by atoms with Gasteiger partial charge in [0.15, 0.2) is 6.61 Å². The number of carbonyl (C=O) groups excluding carboxylic acids is 1. The molecule has 0 unspecified atom stereocenters. The van der Waals surface area contributed by atoms with Gasteiger partial charge in [0, 0.05) is 17.6 Å². The van der Waals surface area contributed by atoms with E-state index < -0.39 is 0 Å². The van der Waals surface area contributed by atoms with Crippen LogP contribution in [0.2, 0.25) is 5.02 Å². The maximum absolute atomic E-state index is 11.9. The third kappa shape index (κ3) is 3.62. The summed E-state index contributed by atoms with van der Waals surface area (Å²) in [6.45, 7) is 1.74. The molecule has 0 spiro atoms. The van der Waals surface area contributed by atoms with E-state index in [1.165, 1.54) is 6.42 Å². The number of nitrogens with zero attached hydrogens (tertiary/aromatic N) is 1. The maximum atomic E-state index is 11.9. The average molecular weight is 333 g/mol. The zero-order valence-corrected chi connectivity index (χ0v) is 12.3. The molecule has 1 amide bonds. The van der Waals surface area contributed by atoms with Gasteiger partial charge in [0.25, 0.3) is 5.91 Å². The molecule has 0 bridgehead atoms. The van der Waals surface area contributed by atoms with E-state index in [1.807, 2.05) is 11.0 Å². The molecule has 3 nitrogen and oxygen atoms in total. The third-order valence-corrected chi connectivity index (χ3v) is 3.74. The Bertz CT molecular complexity index is 433. The minimum atomic E-state index is 0.0358. The van der Waals surface area contributed by atoms with Crippen molar-refractivity contribution < 1.29 is 9.53 Å². The lowest BCUT2D eigenvalue weighted by molar-refractivity contribution is -0.134. The Balaban J connectivity index is 1.88. The number of hydrogen-bond donors (Lipinski definition) is 0. The quantitative estimate of drug-likeness (QED) is 0.848. The van der Waals surface area contributed by atoms with Gasteiger partial charge in [-0.3, -0.25) is 4.79 Å². The van der Waals surface area contributed by atoms with Crippen molar-refractivity contribution >= 4 is 33.4 Å². The van der Waals surface area contributed by atoms with Crippen LogP contribution in [0.25, 0.3) is 0 Å². The molecule has 2 rings (SSSR count). The highest BCUT2D eigenvalue weighted by Gasteiger charge is 2.17. The third-order valence-electron chi connectivity index (χ3n) is 2.95. The molecule has 0 atom stereocenters. The smallest absolute Gasteiger partial charge is 0.260 e. The summed E-state index contributed by atoms with van der Waals surface area (Å²) in [6, 6.07) is 5.35. The predicted octanol–water partition coefficient (Wildman–Crippen LogP) is 3.49. The molecular weight excluding hydrogens is 318 g/mol. The Morgan fingerprint density at radius 1 is 1.33 bits per heavy atom. The molecule has 1 fully saturated rings. The predicted molar refractivity (Wildman–Crippen MR) is 75.1 cm³/mol. The van der Waals surface area contributed by atoms with Crippen molar-refractivity contribution in [2.75, 3.05) is 19.7 Å². The normalized spacial score (nSPS) is 15.6. The SMILES string of the molecule is O=C(COc1ccc(Br)cc1Cl)N1CCCCC1. The van der Waals surface area contributed by atoms with E-state index >= 15 is 0 Å². The zero-order valence-electron chi connectivity index (χ0n) is 9.99. The highest BCUT2D eigenvalue weighted by atomic mass is 79.9. The number of halogens is 2. The highest BCUT2D eigenvalue weighted by molar-refractivity contribution is 9.10. The topological polar surface area (TPSA) is 29.5 Å². The summed E-state index contributed by atoms with van der Waals surface area (Å²) in [4.78, 5) is 13.8. The first-order valence-corrected chi connectivity index (χ1v) is 7.19. The molecule has 0 aliphatic carbocycles. The van der Waals surface area contributed by atoms with Crippen LogP contribution in [-0.2, 0) is 4.79 Å². The molecule has 1 aliphatic rings. The number of likely N-dealkylation sites (tertiary alicyclic amines) is 1. The summed E-state index contributed by atoms with van der Waals surface area (Å²) in [6.07, 6.45) is 3.39. The van der Waals surface area contributed by atoms with Crippen molar-refractivity contribution in [2.45, 2.75) is 19.3 Å². The minimum Gasteiger partial charge on any atom is -0.482 e. The molecule has 5 heteroatoms. The molecule has 1 heterocycles. The van der Waals surface area contributed by atoms with Gasteiger partial charge in [-0.05, 0) is 37.5 Å². The van der Waals surface area contributed by atoms with Gasteiger partial charge in [0.2, 0.25) is 0 Å². The number of rotatable bonds is 3. The number of carbonyl (C=O) groups is 1. The molecule has 1 saturated heterocycles. The van der Waals surface area contributed by atoms with Crippen molar-refractivity contribution in [1.82, 2.24) is 4.90 Å². The Morgan fingerprint density at radius 3 is 2.72 bits per heavy atom. The fourth-order valence-corrected chi connectivity index (χ4v) is 2.69. The summed E-state index contributed by atoms with van der Waals surface area (Å²) in [5.41, 5.74) is 0. The largest absolute Gasteiger partial charge is 0.482 e. The van der Waals surface area contributed by atoms with Crippen molar-refractivity contribution in [2.24, 2.45) is 0 Å². The fraction of sp³-hybridized carbons (Fsp3) is 0.462. The molecule has 0 aromatic heterocycles. The van der Waals surface area contributed by atoms with Crippen LogP contribution >= 0.6 is 27.5 Å². The van der Waals surface area contributed by atoms with Crippen LogP contribution in [0.4, 0.5) is 0 Å². The van der Waals surface area contributed by atoms with Crippen molar-refractivity contribution in [1.29, 1.82) is 0 Å². The molecule has 0 radical (unpaired) electrons. The first kappa shape index (κ1) is 13.7. The Kier molecular flexibility index (Phi) is 4.89. The Labute approximate surface area is 120 Å². The van der Waals surface area contributed by atoms with Crippen molar-refractivity contribution in [3.63, 3.8) is 0 Å². The lowest BCUT2D eigenvalue weighted by Gasteiger charge is -2.26. The molecule has 1 aromatic carbocycles. The second-order valence-electron chi connectivity index (χ2n) is 4.30. The zero-order chi connectivity index (χ0) is 13.0. The lowest BCUT2D eigenvalue weighted by Crippen LogP contribution is -2.38. The van der Waals surface area contributed by atoms with E-state index in [2.05, 4.69) is 15.9 Å². The van der Waals surface area contributed by atoms with E-state index in [9.17, 15) is 4.79 Å². The van der Waals surface area contributed by atoms with Gasteiger partial charge in [-0.15, -0.1) is 0 Å². The number of benzene rings is 1. The second-order valence-corrected chi connectivity index (χ2v) is 5.63. The van der Waals surface area contributed by atoms with Crippen LogP contribution in [0.5, 0.6) is 5.75 Å². The summed E-state index contributed by atoms with van der Waals surface area (Å²) < 4.78 is 6.35. The van der Waals surface area contributed by atoms with Gasteiger partial charge in [-0.1, -0.05) is 27.5 Å². The number of hydrogen-bond acceptors (Lipinski definition) is 2. The monoisotopic (exact) mass is 331 g/mol. The maximum Gasteiger partial charge on any atom is 0.260 e. The van der Waals surface area contributed by atoms with E-state index in [0.29, 0.717) is 10.8 Å². The minimum absolute atomic E-state index is 0.0358. The van der Waals surface area contributed by atoms with Crippen molar-refractivity contribution in [3.05, 3.63) is 27.7 Å².